The maximum absolute atomic E-state index is 10.7. The molecule has 4 nitrogen and oxygen atoms in total. The summed E-state index contributed by atoms with van der Waals surface area (Å²) in [6.07, 6.45) is 3.00. The van der Waals surface area contributed by atoms with Crippen molar-refractivity contribution < 1.29 is 9.84 Å². The van der Waals surface area contributed by atoms with Crippen molar-refractivity contribution in [2.24, 2.45) is 0 Å². The second-order valence-corrected chi connectivity index (χ2v) is 8.23. The SMILES string of the molecule is CC(C)OCc1ccc2[nH]c3c4c(c5c(O)[nH]cc5c3c2c1)-c1ccccc1C4. The minimum atomic E-state index is 0.198. The third-order valence-electron chi connectivity index (χ3n) is 6.08. The quantitative estimate of drug-likeness (QED) is 0.351. The number of ether oxygens (including phenoxy) is 1. The molecule has 0 atom stereocenters. The molecule has 0 unspecified atom stereocenters. The highest BCUT2D eigenvalue weighted by Gasteiger charge is 2.27. The number of benzene rings is 3. The summed E-state index contributed by atoms with van der Waals surface area (Å²) < 4.78 is 5.82. The van der Waals surface area contributed by atoms with E-state index in [1.54, 1.807) is 0 Å². The van der Waals surface area contributed by atoms with E-state index in [0.29, 0.717) is 6.61 Å². The zero-order valence-corrected chi connectivity index (χ0v) is 16.5. The lowest BCUT2D eigenvalue weighted by Crippen LogP contribution is -2.01. The molecule has 1 aliphatic rings. The highest BCUT2D eigenvalue weighted by molar-refractivity contribution is 6.26. The Bertz CT molecular complexity index is 1420. The Balaban J connectivity index is 1.70. The topological polar surface area (TPSA) is 61.0 Å². The number of aromatic hydroxyl groups is 1. The van der Waals surface area contributed by atoms with Gasteiger partial charge in [0.25, 0.3) is 0 Å². The van der Waals surface area contributed by atoms with Crippen LogP contribution < -0.4 is 0 Å². The zero-order chi connectivity index (χ0) is 19.7. The Hall–Kier alpha value is -3.24. The van der Waals surface area contributed by atoms with Crippen molar-refractivity contribution in [1.82, 2.24) is 9.97 Å². The average Bonchev–Trinajstić information content (AvgIpc) is 3.38. The predicted molar refractivity (Wildman–Crippen MR) is 117 cm³/mol. The van der Waals surface area contributed by atoms with Gasteiger partial charge >= 0.3 is 0 Å². The first kappa shape index (κ1) is 16.7. The second-order valence-electron chi connectivity index (χ2n) is 8.23. The molecule has 2 aromatic heterocycles. The highest BCUT2D eigenvalue weighted by atomic mass is 16.5. The minimum absolute atomic E-state index is 0.198. The predicted octanol–water partition coefficient (Wildman–Crippen LogP) is 6.00. The molecule has 5 aromatic rings. The van der Waals surface area contributed by atoms with E-state index >= 15 is 0 Å². The van der Waals surface area contributed by atoms with Crippen LogP contribution in [0.1, 0.15) is 30.5 Å². The van der Waals surface area contributed by atoms with Gasteiger partial charge in [0.05, 0.1) is 23.6 Å². The van der Waals surface area contributed by atoms with Crippen molar-refractivity contribution in [3.05, 3.63) is 65.4 Å². The smallest absolute Gasteiger partial charge is 0.197 e. The minimum Gasteiger partial charge on any atom is -0.494 e. The Morgan fingerprint density at radius 3 is 2.79 bits per heavy atom. The molecule has 0 spiro atoms. The fourth-order valence-corrected chi connectivity index (χ4v) is 4.82. The molecule has 1 aliphatic carbocycles. The Kier molecular flexibility index (Phi) is 3.38. The largest absolute Gasteiger partial charge is 0.494 e. The summed E-state index contributed by atoms with van der Waals surface area (Å²) in [5.41, 5.74) is 8.37. The first-order valence-corrected chi connectivity index (χ1v) is 10.1. The number of hydrogen-bond donors (Lipinski definition) is 3. The summed E-state index contributed by atoms with van der Waals surface area (Å²) >= 11 is 0. The van der Waals surface area contributed by atoms with Crippen LogP contribution in [0, 0.1) is 0 Å². The van der Waals surface area contributed by atoms with Gasteiger partial charge in [0.15, 0.2) is 5.88 Å². The van der Waals surface area contributed by atoms with Crippen LogP contribution in [-0.2, 0) is 17.8 Å². The molecular formula is C25H22N2O2. The van der Waals surface area contributed by atoms with Crippen LogP contribution in [0.4, 0.5) is 0 Å². The first-order chi connectivity index (χ1) is 14.1. The van der Waals surface area contributed by atoms with Gasteiger partial charge in [-0.25, -0.2) is 0 Å². The molecule has 0 bridgehead atoms. The maximum atomic E-state index is 10.7. The van der Waals surface area contributed by atoms with Gasteiger partial charge in [-0.1, -0.05) is 30.3 Å². The molecule has 0 saturated carbocycles. The van der Waals surface area contributed by atoms with Crippen molar-refractivity contribution >= 4 is 32.6 Å². The van der Waals surface area contributed by atoms with Crippen LogP contribution in [0.15, 0.2) is 48.7 Å². The molecule has 0 radical (unpaired) electrons. The van der Waals surface area contributed by atoms with Gasteiger partial charge in [-0.05, 0) is 48.2 Å². The number of hydrogen-bond acceptors (Lipinski definition) is 2. The molecule has 0 amide bonds. The van der Waals surface area contributed by atoms with Crippen LogP contribution in [-0.4, -0.2) is 21.2 Å². The van der Waals surface area contributed by atoms with Crippen molar-refractivity contribution in [3.63, 3.8) is 0 Å². The van der Waals surface area contributed by atoms with Crippen LogP contribution in [0.25, 0.3) is 43.7 Å². The molecule has 144 valence electrons. The van der Waals surface area contributed by atoms with E-state index < -0.39 is 0 Å². The summed E-state index contributed by atoms with van der Waals surface area (Å²) in [5.74, 6) is 0.239. The van der Waals surface area contributed by atoms with Gasteiger partial charge in [-0.15, -0.1) is 0 Å². The highest BCUT2D eigenvalue weighted by Crippen LogP contribution is 2.49. The Morgan fingerprint density at radius 2 is 1.93 bits per heavy atom. The third kappa shape index (κ3) is 2.29. The standard InChI is InChI=1S/C25H22N2O2/c1-13(2)29-12-14-7-8-20-17(9-14)22-19-11-26-25(28)23(19)21-16-6-4-3-5-15(16)10-18(21)24(22)27-20/h3-9,11,13,26-28H,10,12H2,1-2H3. The number of aromatic amines is 2. The fourth-order valence-electron chi connectivity index (χ4n) is 4.82. The van der Waals surface area contributed by atoms with Crippen molar-refractivity contribution in [1.29, 1.82) is 0 Å². The molecular weight excluding hydrogens is 360 g/mol. The van der Waals surface area contributed by atoms with Gasteiger partial charge in [0.1, 0.15) is 0 Å². The molecule has 4 heteroatoms. The molecule has 29 heavy (non-hydrogen) atoms. The van der Waals surface area contributed by atoms with Gasteiger partial charge in [-0.3, -0.25) is 0 Å². The molecule has 3 N–H and O–H groups in total. The van der Waals surface area contributed by atoms with Gasteiger partial charge in [0.2, 0.25) is 0 Å². The molecule has 6 rings (SSSR count). The number of H-pyrrole nitrogens is 2. The van der Waals surface area contributed by atoms with Crippen LogP contribution in [0.3, 0.4) is 0 Å². The summed E-state index contributed by atoms with van der Waals surface area (Å²) in [4.78, 5) is 6.73. The molecule has 0 saturated heterocycles. The lowest BCUT2D eigenvalue weighted by molar-refractivity contribution is 0.0658. The maximum Gasteiger partial charge on any atom is 0.197 e. The first-order valence-electron chi connectivity index (χ1n) is 10.1. The van der Waals surface area contributed by atoms with E-state index in [0.717, 1.165) is 33.8 Å². The summed E-state index contributed by atoms with van der Waals surface area (Å²) in [5, 5.41) is 15.0. The van der Waals surface area contributed by atoms with Crippen LogP contribution >= 0.6 is 0 Å². The van der Waals surface area contributed by atoms with Gasteiger partial charge in [0, 0.05) is 39.9 Å². The second kappa shape index (κ2) is 5.88. The number of rotatable bonds is 3. The monoisotopic (exact) mass is 382 g/mol. The van der Waals surface area contributed by atoms with Crippen LogP contribution in [0.5, 0.6) is 5.88 Å². The van der Waals surface area contributed by atoms with Crippen molar-refractivity contribution in [3.8, 4) is 17.0 Å². The molecule has 0 fully saturated rings. The number of fused-ring (bicyclic) bond motifs is 10. The van der Waals surface area contributed by atoms with Crippen molar-refractivity contribution in [2.75, 3.05) is 0 Å². The molecule has 2 heterocycles. The lowest BCUT2D eigenvalue weighted by atomic mass is 9.96. The van der Waals surface area contributed by atoms with Gasteiger partial charge < -0.3 is 19.8 Å². The van der Waals surface area contributed by atoms with Crippen molar-refractivity contribution in [2.45, 2.75) is 33.0 Å². The average molecular weight is 382 g/mol. The summed E-state index contributed by atoms with van der Waals surface area (Å²) in [6.45, 7) is 4.70. The van der Waals surface area contributed by atoms with E-state index in [9.17, 15) is 5.11 Å². The molecule has 0 aliphatic heterocycles. The van der Waals surface area contributed by atoms with E-state index in [1.807, 2.05) is 6.20 Å². The van der Waals surface area contributed by atoms with Crippen LogP contribution in [0.2, 0.25) is 0 Å². The number of aromatic nitrogens is 2. The van der Waals surface area contributed by atoms with E-state index in [2.05, 4.69) is 66.3 Å². The van der Waals surface area contributed by atoms with E-state index in [-0.39, 0.29) is 12.0 Å². The Labute approximate surface area is 168 Å². The summed E-state index contributed by atoms with van der Waals surface area (Å²) in [7, 11) is 0. The van der Waals surface area contributed by atoms with Gasteiger partial charge in [-0.2, -0.15) is 0 Å². The normalized spacial score (nSPS) is 13.1. The number of nitrogens with one attached hydrogen (secondary N) is 2. The van der Waals surface area contributed by atoms with E-state index in [4.69, 9.17) is 4.74 Å². The molecule has 3 aromatic carbocycles. The zero-order valence-electron chi connectivity index (χ0n) is 16.5. The summed E-state index contributed by atoms with van der Waals surface area (Å²) in [6, 6.07) is 15.0. The van der Waals surface area contributed by atoms with E-state index in [1.165, 1.54) is 33.0 Å². The third-order valence-corrected chi connectivity index (χ3v) is 6.08. The fraction of sp³-hybridized carbons (Fsp3) is 0.200. The Morgan fingerprint density at radius 1 is 1.07 bits per heavy atom. The lowest BCUT2D eigenvalue weighted by Gasteiger charge is -2.08.